The maximum atomic E-state index is 5.14. The summed E-state index contributed by atoms with van der Waals surface area (Å²) in [5.41, 5.74) is 1.25. The van der Waals surface area contributed by atoms with E-state index in [-0.39, 0.29) is 0 Å². The first kappa shape index (κ1) is 12.9. The first-order valence-electron chi connectivity index (χ1n) is 5.49. The highest BCUT2D eigenvalue weighted by Crippen LogP contribution is 2.09. The Morgan fingerprint density at radius 2 is 2.31 bits per heavy atom. The third-order valence-electron chi connectivity index (χ3n) is 2.67. The van der Waals surface area contributed by atoms with E-state index < -0.39 is 0 Å². The molecule has 4 nitrogen and oxygen atoms in total. The van der Waals surface area contributed by atoms with E-state index in [1.165, 1.54) is 5.56 Å². The van der Waals surface area contributed by atoms with Crippen LogP contribution in [0.3, 0.4) is 0 Å². The second-order valence-electron chi connectivity index (χ2n) is 4.02. The predicted molar refractivity (Wildman–Crippen MR) is 66.6 cm³/mol. The lowest BCUT2D eigenvalue weighted by Gasteiger charge is -2.24. The predicted octanol–water partition coefficient (Wildman–Crippen LogP) is 1.59. The van der Waals surface area contributed by atoms with Gasteiger partial charge in [0.2, 0.25) is 0 Å². The molecule has 0 aliphatic rings. The minimum atomic E-state index is 0.413. The van der Waals surface area contributed by atoms with Gasteiger partial charge in [0, 0.05) is 32.9 Å². The van der Waals surface area contributed by atoms with E-state index in [9.17, 15) is 0 Å². The summed E-state index contributed by atoms with van der Waals surface area (Å²) in [6.45, 7) is 3.81. The summed E-state index contributed by atoms with van der Waals surface area (Å²) < 4.78 is 5.14. The number of anilines is 1. The molecular weight excluding hydrogens is 202 g/mol. The Morgan fingerprint density at radius 3 is 2.94 bits per heavy atom. The van der Waals surface area contributed by atoms with Crippen molar-refractivity contribution in [3.63, 3.8) is 0 Å². The fourth-order valence-corrected chi connectivity index (χ4v) is 1.52. The molecule has 0 amide bonds. The standard InChI is InChI=1S/C12H21N3O/c1-10(9-16-4)15(3)8-11-5-6-14-12(7-11)13-2/h5-7,10H,8-9H2,1-4H3,(H,13,14). The molecule has 1 unspecified atom stereocenters. The second kappa shape index (κ2) is 6.45. The van der Waals surface area contributed by atoms with E-state index >= 15 is 0 Å². The van der Waals surface area contributed by atoms with E-state index in [1.54, 1.807) is 7.11 Å². The van der Waals surface area contributed by atoms with Gasteiger partial charge in [-0.3, -0.25) is 4.90 Å². The summed E-state index contributed by atoms with van der Waals surface area (Å²) >= 11 is 0. The lowest BCUT2D eigenvalue weighted by molar-refractivity contribution is 0.112. The Labute approximate surface area is 97.6 Å². The van der Waals surface area contributed by atoms with Crippen LogP contribution in [0.5, 0.6) is 0 Å². The molecule has 16 heavy (non-hydrogen) atoms. The number of pyridine rings is 1. The van der Waals surface area contributed by atoms with Crippen molar-refractivity contribution in [3.05, 3.63) is 23.9 Å². The van der Waals surface area contributed by atoms with Crippen LogP contribution in [0.25, 0.3) is 0 Å². The molecule has 0 aromatic carbocycles. The number of methoxy groups -OCH3 is 1. The molecule has 0 fully saturated rings. The summed E-state index contributed by atoms with van der Waals surface area (Å²) in [4.78, 5) is 6.45. The molecule has 0 aliphatic carbocycles. The fourth-order valence-electron chi connectivity index (χ4n) is 1.52. The molecule has 1 atom stereocenters. The van der Waals surface area contributed by atoms with Gasteiger partial charge in [-0.15, -0.1) is 0 Å². The maximum Gasteiger partial charge on any atom is 0.125 e. The van der Waals surface area contributed by atoms with Crippen LogP contribution in [0.2, 0.25) is 0 Å². The molecule has 1 rings (SSSR count). The zero-order chi connectivity index (χ0) is 12.0. The highest BCUT2D eigenvalue weighted by molar-refractivity contribution is 5.36. The van der Waals surface area contributed by atoms with Gasteiger partial charge in [0.25, 0.3) is 0 Å². The van der Waals surface area contributed by atoms with Gasteiger partial charge in [-0.25, -0.2) is 4.98 Å². The Hall–Kier alpha value is -1.13. The smallest absolute Gasteiger partial charge is 0.125 e. The number of nitrogens with zero attached hydrogens (tertiary/aromatic N) is 2. The SMILES string of the molecule is CNc1cc(CN(C)C(C)COC)ccn1. The first-order chi connectivity index (χ1) is 7.67. The van der Waals surface area contributed by atoms with Crippen molar-refractivity contribution in [2.45, 2.75) is 19.5 Å². The summed E-state index contributed by atoms with van der Waals surface area (Å²) in [6.07, 6.45) is 1.83. The average molecular weight is 223 g/mol. The van der Waals surface area contributed by atoms with Crippen LogP contribution in [-0.4, -0.2) is 43.7 Å². The monoisotopic (exact) mass is 223 g/mol. The number of likely N-dealkylation sites (N-methyl/N-ethyl adjacent to an activating group) is 1. The summed E-state index contributed by atoms with van der Waals surface area (Å²) in [5, 5.41) is 3.04. The normalized spacial score (nSPS) is 12.8. The van der Waals surface area contributed by atoms with Crippen molar-refractivity contribution in [2.75, 3.05) is 33.1 Å². The Balaban J connectivity index is 2.58. The maximum absolute atomic E-state index is 5.14. The lowest BCUT2D eigenvalue weighted by Crippen LogP contribution is -2.32. The minimum Gasteiger partial charge on any atom is -0.383 e. The van der Waals surface area contributed by atoms with Gasteiger partial charge in [-0.2, -0.15) is 0 Å². The molecule has 0 aliphatic heterocycles. The van der Waals surface area contributed by atoms with Gasteiger partial charge >= 0.3 is 0 Å². The topological polar surface area (TPSA) is 37.4 Å². The molecule has 0 radical (unpaired) electrons. The average Bonchev–Trinajstić information content (AvgIpc) is 2.29. The Kier molecular flexibility index (Phi) is 5.22. The van der Waals surface area contributed by atoms with Crippen molar-refractivity contribution in [2.24, 2.45) is 0 Å². The molecule has 1 heterocycles. The summed E-state index contributed by atoms with van der Waals surface area (Å²) in [7, 11) is 5.71. The van der Waals surface area contributed by atoms with Gasteiger partial charge in [0.1, 0.15) is 5.82 Å². The Bertz CT molecular complexity index is 317. The second-order valence-corrected chi connectivity index (χ2v) is 4.02. The van der Waals surface area contributed by atoms with Crippen LogP contribution in [0, 0.1) is 0 Å². The van der Waals surface area contributed by atoms with Crippen molar-refractivity contribution >= 4 is 5.82 Å². The summed E-state index contributed by atoms with van der Waals surface area (Å²) in [6, 6.07) is 4.52. The highest BCUT2D eigenvalue weighted by Gasteiger charge is 2.09. The molecule has 1 aromatic rings. The first-order valence-corrected chi connectivity index (χ1v) is 5.49. The zero-order valence-electron chi connectivity index (χ0n) is 10.5. The largest absolute Gasteiger partial charge is 0.383 e. The molecule has 4 heteroatoms. The zero-order valence-corrected chi connectivity index (χ0v) is 10.5. The third kappa shape index (κ3) is 3.79. The van der Waals surface area contributed by atoms with Crippen LogP contribution >= 0.6 is 0 Å². The molecule has 1 aromatic heterocycles. The van der Waals surface area contributed by atoms with Crippen LogP contribution in [0.4, 0.5) is 5.82 Å². The number of hydrogen-bond donors (Lipinski definition) is 1. The van der Waals surface area contributed by atoms with Gasteiger partial charge in [-0.05, 0) is 31.7 Å². The number of hydrogen-bond acceptors (Lipinski definition) is 4. The number of ether oxygens (including phenoxy) is 1. The van der Waals surface area contributed by atoms with E-state index in [0.29, 0.717) is 6.04 Å². The van der Waals surface area contributed by atoms with Crippen molar-refractivity contribution in [1.29, 1.82) is 0 Å². The molecule has 90 valence electrons. The number of aromatic nitrogens is 1. The summed E-state index contributed by atoms with van der Waals surface area (Å²) in [5.74, 6) is 0.908. The molecule has 0 bridgehead atoms. The van der Waals surface area contributed by atoms with Gasteiger partial charge in [0.15, 0.2) is 0 Å². The molecular formula is C12H21N3O. The minimum absolute atomic E-state index is 0.413. The van der Waals surface area contributed by atoms with E-state index in [0.717, 1.165) is 19.0 Å². The lowest BCUT2D eigenvalue weighted by atomic mass is 10.2. The van der Waals surface area contributed by atoms with E-state index in [4.69, 9.17) is 4.74 Å². The van der Waals surface area contributed by atoms with Gasteiger partial charge < -0.3 is 10.1 Å². The molecule has 0 saturated heterocycles. The number of nitrogens with one attached hydrogen (secondary N) is 1. The van der Waals surface area contributed by atoms with Crippen molar-refractivity contribution in [3.8, 4) is 0 Å². The van der Waals surface area contributed by atoms with Crippen molar-refractivity contribution in [1.82, 2.24) is 9.88 Å². The van der Waals surface area contributed by atoms with Crippen LogP contribution in [0.15, 0.2) is 18.3 Å². The fraction of sp³-hybridized carbons (Fsp3) is 0.583. The van der Waals surface area contributed by atoms with Crippen LogP contribution in [-0.2, 0) is 11.3 Å². The molecule has 1 N–H and O–H groups in total. The van der Waals surface area contributed by atoms with Crippen LogP contribution in [0.1, 0.15) is 12.5 Å². The molecule has 0 saturated carbocycles. The van der Waals surface area contributed by atoms with E-state index in [1.807, 2.05) is 19.3 Å². The van der Waals surface area contributed by atoms with Crippen molar-refractivity contribution < 1.29 is 4.74 Å². The molecule has 0 spiro atoms. The van der Waals surface area contributed by atoms with E-state index in [2.05, 4.69) is 35.2 Å². The Morgan fingerprint density at radius 1 is 1.56 bits per heavy atom. The number of rotatable bonds is 6. The van der Waals surface area contributed by atoms with Gasteiger partial charge in [-0.1, -0.05) is 0 Å². The highest BCUT2D eigenvalue weighted by atomic mass is 16.5. The third-order valence-corrected chi connectivity index (χ3v) is 2.67. The van der Waals surface area contributed by atoms with Crippen LogP contribution < -0.4 is 5.32 Å². The van der Waals surface area contributed by atoms with Gasteiger partial charge in [0.05, 0.1) is 6.61 Å². The quantitative estimate of drug-likeness (QED) is 0.794.